The Hall–Kier alpha value is -1.32. The average Bonchev–Trinajstić information content (AvgIpc) is 3.00. The molecular formula is C14H18O4. The van der Waals surface area contributed by atoms with Gasteiger partial charge >= 0.3 is 11.9 Å². The Morgan fingerprint density at radius 1 is 1.61 bits per heavy atom. The highest BCUT2D eigenvalue weighted by atomic mass is 16.6. The number of esters is 2. The molecule has 5 unspecified atom stereocenters. The largest absolute Gasteiger partial charge is 0.465 e. The van der Waals surface area contributed by atoms with E-state index in [2.05, 4.69) is 13.5 Å². The number of ether oxygens (including phenoxy) is 2. The lowest BCUT2D eigenvalue weighted by atomic mass is 9.69. The van der Waals surface area contributed by atoms with Crippen LogP contribution < -0.4 is 0 Å². The smallest absolute Gasteiger partial charge is 0.330 e. The van der Waals surface area contributed by atoms with E-state index in [0.717, 1.165) is 19.3 Å². The minimum Gasteiger partial charge on any atom is -0.465 e. The Morgan fingerprint density at radius 2 is 2.39 bits per heavy atom. The summed E-state index contributed by atoms with van der Waals surface area (Å²) in [5.74, 6) is -0.0600. The van der Waals surface area contributed by atoms with Crippen LogP contribution in [0.1, 0.15) is 26.2 Å². The van der Waals surface area contributed by atoms with E-state index in [4.69, 9.17) is 9.47 Å². The SMILES string of the molecule is C=CC(=O)OC1CC2(CC)CC1C1C(=O)OCC12. The molecule has 18 heavy (non-hydrogen) atoms. The summed E-state index contributed by atoms with van der Waals surface area (Å²) in [6.45, 7) is 6.12. The summed E-state index contributed by atoms with van der Waals surface area (Å²) in [6, 6.07) is 0. The minimum atomic E-state index is -0.387. The van der Waals surface area contributed by atoms with Crippen LogP contribution in [-0.2, 0) is 19.1 Å². The summed E-state index contributed by atoms with van der Waals surface area (Å²) >= 11 is 0. The van der Waals surface area contributed by atoms with E-state index in [-0.39, 0.29) is 35.3 Å². The van der Waals surface area contributed by atoms with Crippen molar-refractivity contribution < 1.29 is 19.1 Å². The fourth-order valence-electron chi connectivity index (χ4n) is 4.34. The topological polar surface area (TPSA) is 52.6 Å². The summed E-state index contributed by atoms with van der Waals surface area (Å²) < 4.78 is 10.6. The Morgan fingerprint density at radius 3 is 3.06 bits per heavy atom. The normalized spacial score (nSPS) is 44.6. The molecule has 2 aliphatic carbocycles. The third-order valence-electron chi connectivity index (χ3n) is 5.22. The first kappa shape index (κ1) is 11.8. The van der Waals surface area contributed by atoms with Crippen LogP contribution in [0.3, 0.4) is 0 Å². The van der Waals surface area contributed by atoms with Crippen molar-refractivity contribution in [1.82, 2.24) is 0 Å². The molecule has 98 valence electrons. The lowest BCUT2D eigenvalue weighted by Gasteiger charge is -2.35. The van der Waals surface area contributed by atoms with E-state index >= 15 is 0 Å². The summed E-state index contributed by atoms with van der Waals surface area (Å²) in [4.78, 5) is 23.2. The highest BCUT2D eigenvalue weighted by molar-refractivity contribution is 5.81. The van der Waals surface area contributed by atoms with Crippen molar-refractivity contribution in [3.8, 4) is 0 Å². The second kappa shape index (κ2) is 3.84. The fraction of sp³-hybridized carbons (Fsp3) is 0.714. The van der Waals surface area contributed by atoms with Gasteiger partial charge in [-0.2, -0.15) is 0 Å². The zero-order valence-electron chi connectivity index (χ0n) is 10.6. The van der Waals surface area contributed by atoms with Gasteiger partial charge in [0.05, 0.1) is 12.5 Å². The number of hydrogen-bond acceptors (Lipinski definition) is 4. The third kappa shape index (κ3) is 1.38. The maximum absolute atomic E-state index is 11.8. The van der Waals surface area contributed by atoms with Crippen LogP contribution in [0.15, 0.2) is 12.7 Å². The Balaban J connectivity index is 1.85. The van der Waals surface area contributed by atoms with Crippen LogP contribution in [-0.4, -0.2) is 24.6 Å². The number of hydrogen-bond donors (Lipinski definition) is 0. The molecule has 3 aliphatic rings. The van der Waals surface area contributed by atoms with Gasteiger partial charge in [-0.25, -0.2) is 4.79 Å². The van der Waals surface area contributed by atoms with E-state index in [1.54, 1.807) is 0 Å². The fourth-order valence-corrected chi connectivity index (χ4v) is 4.34. The minimum absolute atomic E-state index is 0.0543. The number of rotatable bonds is 3. The summed E-state index contributed by atoms with van der Waals surface area (Å²) in [5.41, 5.74) is 0.133. The Bertz CT molecular complexity index is 416. The van der Waals surface area contributed by atoms with Crippen LogP contribution in [0.25, 0.3) is 0 Å². The molecule has 1 saturated heterocycles. The molecule has 0 spiro atoms. The third-order valence-corrected chi connectivity index (χ3v) is 5.22. The molecule has 1 aliphatic heterocycles. The van der Waals surface area contributed by atoms with Crippen molar-refractivity contribution in [2.75, 3.05) is 6.61 Å². The molecule has 4 heteroatoms. The van der Waals surface area contributed by atoms with Gasteiger partial charge < -0.3 is 9.47 Å². The van der Waals surface area contributed by atoms with Crippen molar-refractivity contribution in [2.24, 2.45) is 23.2 Å². The van der Waals surface area contributed by atoms with E-state index < -0.39 is 0 Å². The molecule has 1 heterocycles. The van der Waals surface area contributed by atoms with Crippen molar-refractivity contribution in [2.45, 2.75) is 32.3 Å². The lowest BCUT2D eigenvalue weighted by Crippen LogP contribution is -2.39. The molecule has 0 radical (unpaired) electrons. The van der Waals surface area contributed by atoms with E-state index in [1.807, 2.05) is 0 Å². The highest BCUT2D eigenvalue weighted by Crippen LogP contribution is 2.64. The van der Waals surface area contributed by atoms with Crippen molar-refractivity contribution >= 4 is 11.9 Å². The monoisotopic (exact) mass is 250 g/mol. The molecule has 3 rings (SSSR count). The molecule has 0 aromatic heterocycles. The van der Waals surface area contributed by atoms with Gasteiger partial charge in [0.15, 0.2) is 0 Å². The van der Waals surface area contributed by atoms with Gasteiger partial charge in [-0.3, -0.25) is 4.79 Å². The molecule has 0 N–H and O–H groups in total. The molecule has 0 aromatic carbocycles. The van der Waals surface area contributed by atoms with Crippen LogP contribution in [0.2, 0.25) is 0 Å². The first-order valence-corrected chi connectivity index (χ1v) is 6.61. The van der Waals surface area contributed by atoms with Crippen LogP contribution in [0, 0.1) is 23.2 Å². The number of carbonyl (C=O) groups is 2. The second-order valence-electron chi connectivity index (χ2n) is 5.73. The molecule has 0 aromatic rings. The maximum Gasteiger partial charge on any atom is 0.330 e. The molecule has 5 atom stereocenters. The van der Waals surface area contributed by atoms with Gasteiger partial charge in [0.2, 0.25) is 0 Å². The molecule has 2 bridgehead atoms. The van der Waals surface area contributed by atoms with Crippen LogP contribution >= 0.6 is 0 Å². The van der Waals surface area contributed by atoms with Gasteiger partial charge in [-0.1, -0.05) is 13.5 Å². The molecule has 0 amide bonds. The number of carbonyl (C=O) groups excluding carboxylic acids is 2. The molecule has 2 saturated carbocycles. The standard InChI is InChI=1S/C14H18O4/c1-3-11(15)18-10-6-14(4-2)5-8(10)12-9(14)7-17-13(12)16/h3,8-10,12H,1,4-7H2,2H3. The first-order chi connectivity index (χ1) is 8.61. The predicted octanol–water partition coefficient (Wildman–Crippen LogP) is 1.69. The van der Waals surface area contributed by atoms with Crippen molar-refractivity contribution in [1.29, 1.82) is 0 Å². The van der Waals surface area contributed by atoms with Gasteiger partial charge in [0, 0.05) is 17.9 Å². The first-order valence-electron chi connectivity index (χ1n) is 6.61. The van der Waals surface area contributed by atoms with Gasteiger partial charge in [-0.05, 0) is 24.7 Å². The zero-order chi connectivity index (χ0) is 12.9. The van der Waals surface area contributed by atoms with Crippen LogP contribution in [0.5, 0.6) is 0 Å². The predicted molar refractivity (Wildman–Crippen MR) is 63.5 cm³/mol. The average molecular weight is 250 g/mol. The van der Waals surface area contributed by atoms with Gasteiger partial charge in [0.1, 0.15) is 6.10 Å². The Kier molecular flexibility index (Phi) is 2.50. The maximum atomic E-state index is 11.8. The zero-order valence-corrected chi connectivity index (χ0v) is 10.6. The van der Waals surface area contributed by atoms with Crippen molar-refractivity contribution in [3.05, 3.63) is 12.7 Å². The number of cyclic esters (lactones) is 1. The van der Waals surface area contributed by atoms with Gasteiger partial charge in [-0.15, -0.1) is 0 Å². The molecule has 3 fully saturated rings. The quantitative estimate of drug-likeness (QED) is 0.565. The van der Waals surface area contributed by atoms with Crippen molar-refractivity contribution in [3.63, 3.8) is 0 Å². The summed E-state index contributed by atoms with van der Waals surface area (Å²) in [6.07, 6.45) is 3.93. The summed E-state index contributed by atoms with van der Waals surface area (Å²) in [5, 5.41) is 0. The summed E-state index contributed by atoms with van der Waals surface area (Å²) in [7, 11) is 0. The molecule has 4 nitrogen and oxygen atoms in total. The second-order valence-corrected chi connectivity index (χ2v) is 5.73. The number of fused-ring (bicyclic) bond motifs is 5. The van der Waals surface area contributed by atoms with Crippen LogP contribution in [0.4, 0.5) is 0 Å². The van der Waals surface area contributed by atoms with Gasteiger partial charge in [0.25, 0.3) is 0 Å². The highest BCUT2D eigenvalue weighted by Gasteiger charge is 2.66. The van der Waals surface area contributed by atoms with E-state index in [0.29, 0.717) is 12.5 Å². The van der Waals surface area contributed by atoms with E-state index in [9.17, 15) is 9.59 Å². The van der Waals surface area contributed by atoms with E-state index in [1.165, 1.54) is 6.08 Å². The lowest BCUT2D eigenvalue weighted by molar-refractivity contribution is -0.152. The molecular weight excluding hydrogens is 232 g/mol. The Labute approximate surface area is 106 Å².